The van der Waals surface area contributed by atoms with Gasteiger partial charge in [-0.05, 0) is 38.5 Å². The minimum absolute atomic E-state index is 0.124. The van der Waals surface area contributed by atoms with E-state index in [2.05, 4.69) is 10.6 Å². The molecule has 0 atom stereocenters. The molecule has 0 bridgehead atoms. The minimum Gasteiger partial charge on any atom is -0.444 e. The number of nitrogens with one attached hydrogen (secondary N) is 2. The average molecular weight is 336 g/mol. The zero-order valence-electron chi connectivity index (χ0n) is 13.2. The van der Waals surface area contributed by atoms with Crippen molar-refractivity contribution in [2.75, 3.05) is 13.1 Å². The number of halogens is 4. The van der Waals surface area contributed by atoms with Crippen LogP contribution in [0.4, 0.5) is 22.4 Å². The lowest BCUT2D eigenvalue weighted by atomic mass is 10.1. The smallest absolute Gasteiger partial charge is 0.419 e. The Morgan fingerprint density at radius 1 is 1.17 bits per heavy atom. The molecule has 130 valence electrons. The summed E-state index contributed by atoms with van der Waals surface area (Å²) in [6.45, 7) is 5.91. The molecule has 0 fully saturated rings. The van der Waals surface area contributed by atoms with Crippen molar-refractivity contribution >= 4 is 6.09 Å². The summed E-state index contributed by atoms with van der Waals surface area (Å²) in [7, 11) is 0. The first-order valence-electron chi connectivity index (χ1n) is 7.02. The molecule has 0 unspecified atom stereocenters. The maximum Gasteiger partial charge on any atom is 0.419 e. The summed E-state index contributed by atoms with van der Waals surface area (Å²) < 4.78 is 55.9. The molecule has 0 spiro atoms. The van der Waals surface area contributed by atoms with Crippen molar-refractivity contribution in [1.82, 2.24) is 10.6 Å². The molecule has 1 rings (SSSR count). The largest absolute Gasteiger partial charge is 0.444 e. The Kier molecular flexibility index (Phi) is 6.37. The maximum absolute atomic E-state index is 13.1. The van der Waals surface area contributed by atoms with Crippen molar-refractivity contribution < 1.29 is 27.1 Å². The van der Waals surface area contributed by atoms with Gasteiger partial charge in [-0.1, -0.05) is 6.07 Å². The molecule has 23 heavy (non-hydrogen) atoms. The van der Waals surface area contributed by atoms with Crippen molar-refractivity contribution in [3.8, 4) is 0 Å². The molecule has 2 N–H and O–H groups in total. The van der Waals surface area contributed by atoms with E-state index in [1.54, 1.807) is 20.8 Å². The van der Waals surface area contributed by atoms with Crippen LogP contribution in [0.2, 0.25) is 0 Å². The quantitative estimate of drug-likeness (QED) is 0.639. The molecule has 1 aromatic carbocycles. The number of rotatable bonds is 5. The third-order valence-corrected chi connectivity index (χ3v) is 2.64. The van der Waals surface area contributed by atoms with Gasteiger partial charge in [0.05, 0.1) is 5.56 Å². The number of amides is 1. The molecule has 0 aromatic heterocycles. The van der Waals surface area contributed by atoms with E-state index in [-0.39, 0.29) is 13.1 Å². The van der Waals surface area contributed by atoms with Crippen LogP contribution in [-0.2, 0) is 17.5 Å². The van der Waals surface area contributed by atoms with Gasteiger partial charge < -0.3 is 15.4 Å². The van der Waals surface area contributed by atoms with Gasteiger partial charge in [0.1, 0.15) is 11.4 Å². The maximum atomic E-state index is 13.1. The Balaban J connectivity index is 2.38. The highest BCUT2D eigenvalue weighted by Crippen LogP contribution is 2.31. The van der Waals surface area contributed by atoms with Crippen molar-refractivity contribution in [3.05, 3.63) is 35.1 Å². The Morgan fingerprint density at radius 3 is 2.39 bits per heavy atom. The van der Waals surface area contributed by atoms with E-state index in [0.717, 1.165) is 12.1 Å². The molecule has 0 saturated heterocycles. The van der Waals surface area contributed by atoms with Gasteiger partial charge in [-0.15, -0.1) is 0 Å². The second-order valence-electron chi connectivity index (χ2n) is 5.92. The third-order valence-electron chi connectivity index (χ3n) is 2.64. The van der Waals surface area contributed by atoms with Crippen LogP contribution in [0.3, 0.4) is 0 Å². The van der Waals surface area contributed by atoms with Crippen LogP contribution in [0.5, 0.6) is 0 Å². The van der Waals surface area contributed by atoms with Gasteiger partial charge in [0, 0.05) is 19.6 Å². The van der Waals surface area contributed by atoms with Crippen LogP contribution in [0.15, 0.2) is 18.2 Å². The lowest BCUT2D eigenvalue weighted by Gasteiger charge is -2.19. The first-order chi connectivity index (χ1) is 10.5. The monoisotopic (exact) mass is 336 g/mol. The normalized spacial score (nSPS) is 12.1. The first kappa shape index (κ1) is 19.2. The second kappa shape index (κ2) is 7.63. The van der Waals surface area contributed by atoms with Crippen LogP contribution in [0.1, 0.15) is 31.9 Å². The van der Waals surface area contributed by atoms with E-state index in [9.17, 15) is 22.4 Å². The zero-order valence-corrected chi connectivity index (χ0v) is 13.2. The summed E-state index contributed by atoms with van der Waals surface area (Å²) in [5.74, 6) is -1.30. The summed E-state index contributed by atoms with van der Waals surface area (Å²) in [5, 5.41) is 5.36. The van der Waals surface area contributed by atoms with E-state index >= 15 is 0 Å². The van der Waals surface area contributed by atoms with Crippen LogP contribution >= 0.6 is 0 Å². The standard InChI is InChI=1S/C15H20F4N2O2/c1-14(2,3)23-13(22)21-7-6-20-9-10-4-5-12(16)11(8-10)15(17,18)19/h4-5,8,20H,6-7,9H2,1-3H3,(H,21,22). The summed E-state index contributed by atoms with van der Waals surface area (Å²) in [5.41, 5.74) is -1.58. The SMILES string of the molecule is CC(C)(C)OC(=O)NCCNCc1ccc(F)c(C(F)(F)F)c1. The summed E-state index contributed by atoms with van der Waals surface area (Å²) in [4.78, 5) is 11.4. The Bertz CT molecular complexity index is 539. The van der Waals surface area contributed by atoms with E-state index in [4.69, 9.17) is 4.74 Å². The fraction of sp³-hybridized carbons (Fsp3) is 0.533. The lowest BCUT2D eigenvalue weighted by molar-refractivity contribution is -0.140. The lowest BCUT2D eigenvalue weighted by Crippen LogP contribution is -2.36. The van der Waals surface area contributed by atoms with Gasteiger partial charge in [-0.25, -0.2) is 9.18 Å². The van der Waals surface area contributed by atoms with Crippen LogP contribution in [0.25, 0.3) is 0 Å². The molecule has 0 aliphatic carbocycles. The summed E-state index contributed by atoms with van der Waals surface area (Å²) in [6, 6.07) is 2.83. The fourth-order valence-electron chi connectivity index (χ4n) is 1.70. The van der Waals surface area contributed by atoms with Gasteiger partial charge in [0.2, 0.25) is 0 Å². The van der Waals surface area contributed by atoms with Crippen molar-refractivity contribution in [2.24, 2.45) is 0 Å². The molecular weight excluding hydrogens is 316 g/mol. The summed E-state index contributed by atoms with van der Waals surface area (Å²) in [6.07, 6.45) is -5.29. The zero-order chi connectivity index (χ0) is 17.7. The molecule has 0 aliphatic rings. The van der Waals surface area contributed by atoms with Crippen LogP contribution in [0, 0.1) is 5.82 Å². The summed E-state index contributed by atoms with van der Waals surface area (Å²) >= 11 is 0. The highest BCUT2D eigenvalue weighted by molar-refractivity contribution is 5.67. The van der Waals surface area contributed by atoms with Crippen molar-refractivity contribution in [3.63, 3.8) is 0 Å². The number of alkyl carbamates (subject to hydrolysis) is 1. The molecule has 4 nitrogen and oxygen atoms in total. The van der Waals surface area contributed by atoms with E-state index in [1.165, 1.54) is 6.07 Å². The molecule has 1 amide bonds. The van der Waals surface area contributed by atoms with E-state index in [0.29, 0.717) is 12.1 Å². The van der Waals surface area contributed by atoms with Gasteiger partial charge >= 0.3 is 12.3 Å². The highest BCUT2D eigenvalue weighted by atomic mass is 19.4. The highest BCUT2D eigenvalue weighted by Gasteiger charge is 2.34. The Labute approximate surface area is 132 Å². The number of ether oxygens (including phenoxy) is 1. The molecule has 0 aliphatic heterocycles. The molecule has 1 aromatic rings. The van der Waals surface area contributed by atoms with E-state index in [1.807, 2.05) is 0 Å². The van der Waals surface area contributed by atoms with Gasteiger partial charge in [-0.3, -0.25) is 0 Å². The topological polar surface area (TPSA) is 50.4 Å². The van der Waals surface area contributed by atoms with Crippen molar-refractivity contribution in [2.45, 2.75) is 39.1 Å². The second-order valence-corrected chi connectivity index (χ2v) is 5.92. The fourth-order valence-corrected chi connectivity index (χ4v) is 1.70. The van der Waals surface area contributed by atoms with Crippen LogP contribution in [-0.4, -0.2) is 24.8 Å². The number of carbonyl (C=O) groups is 1. The molecular formula is C15H20F4N2O2. The predicted molar refractivity (Wildman–Crippen MR) is 77.3 cm³/mol. The first-order valence-corrected chi connectivity index (χ1v) is 7.02. The number of hydrogen-bond acceptors (Lipinski definition) is 3. The number of alkyl halides is 3. The Hall–Kier alpha value is -1.83. The van der Waals surface area contributed by atoms with Crippen molar-refractivity contribution in [1.29, 1.82) is 0 Å². The number of benzene rings is 1. The predicted octanol–water partition coefficient (Wildman–Crippen LogP) is 3.46. The Morgan fingerprint density at radius 2 is 1.83 bits per heavy atom. The van der Waals surface area contributed by atoms with Gasteiger partial charge in [0.25, 0.3) is 0 Å². The van der Waals surface area contributed by atoms with Gasteiger partial charge in [-0.2, -0.15) is 13.2 Å². The molecule has 8 heteroatoms. The molecule has 0 saturated carbocycles. The minimum atomic E-state index is -4.72. The van der Waals surface area contributed by atoms with E-state index < -0.39 is 29.3 Å². The molecule has 0 radical (unpaired) electrons. The van der Waals surface area contributed by atoms with Crippen LogP contribution < -0.4 is 10.6 Å². The number of carbonyl (C=O) groups excluding carboxylic acids is 1. The van der Waals surface area contributed by atoms with Gasteiger partial charge in [0.15, 0.2) is 0 Å². The number of hydrogen-bond donors (Lipinski definition) is 2. The third kappa shape index (κ3) is 7.32. The average Bonchev–Trinajstić information content (AvgIpc) is 2.36. The molecule has 0 heterocycles.